The quantitative estimate of drug-likeness (QED) is 0.121. The molecule has 9 nitrogen and oxygen atoms in total. The van der Waals surface area contributed by atoms with E-state index in [4.69, 9.17) is 0 Å². The Bertz CT molecular complexity index is 4.53. The van der Waals surface area contributed by atoms with Crippen LogP contribution in [0.4, 0.5) is 0 Å². The number of rotatable bonds is 0. The van der Waals surface area contributed by atoms with Gasteiger partial charge in [0.2, 0.25) is 0 Å². The lowest BCUT2D eigenvalue weighted by molar-refractivity contribution is 0.824. The van der Waals surface area contributed by atoms with E-state index >= 15 is 0 Å². The summed E-state index contributed by atoms with van der Waals surface area (Å²) in [5, 5.41) is 0. The summed E-state index contributed by atoms with van der Waals surface area (Å²) in [5.74, 6) is 32.0. The van der Waals surface area contributed by atoms with Crippen LogP contribution >= 0.6 is 0 Å². The summed E-state index contributed by atoms with van der Waals surface area (Å²) >= 11 is 0. The summed E-state index contributed by atoms with van der Waals surface area (Å²) < 4.78 is 0. The molecule has 0 rings (SSSR count). The molecule has 0 aliphatic heterocycles. The summed E-state index contributed by atoms with van der Waals surface area (Å²) in [4.78, 5) is 0. The van der Waals surface area contributed by atoms with Crippen LogP contribution in [0.1, 0.15) is 0 Å². The van der Waals surface area contributed by atoms with Crippen molar-refractivity contribution in [1.82, 2.24) is 0 Å². The largest absolute Gasteiger partial charge is 0.412 e. The highest BCUT2D eigenvalue weighted by Gasteiger charge is 0.732. The standard InChI is InChI=1S/4H4N2.H2O/c4*1-2;/h4*1-2H2;1H2. The maximum atomic E-state index is 4.00. The van der Waals surface area contributed by atoms with E-state index in [1.807, 2.05) is 0 Å². The summed E-state index contributed by atoms with van der Waals surface area (Å²) in [6, 6.07) is 0. The summed E-state index contributed by atoms with van der Waals surface area (Å²) in [6.45, 7) is 0. The summed E-state index contributed by atoms with van der Waals surface area (Å²) in [5.41, 5.74) is 0. The van der Waals surface area contributed by atoms with Gasteiger partial charge in [-0.3, -0.25) is 46.7 Å². The zero-order valence-electron chi connectivity index (χ0n) is 5.12. The first-order chi connectivity index (χ1) is 4.00. The molecular weight excluding hydrogens is 128 g/mol. The van der Waals surface area contributed by atoms with Gasteiger partial charge in [0, 0.05) is 0 Å². The third kappa shape index (κ3) is 1880. The maximum Gasteiger partial charge on any atom is -0.274 e. The Morgan fingerprint density at radius 1 is 0.333 bits per heavy atom. The molecule has 0 spiro atoms. The molecule has 0 fully saturated rings. The van der Waals surface area contributed by atoms with Gasteiger partial charge in [-0.2, -0.15) is 0 Å². The average molecular weight is 146 g/mol. The average Bonchev–Trinajstić information content (AvgIpc) is 2.03. The van der Waals surface area contributed by atoms with Crippen LogP contribution in [0.15, 0.2) is 0 Å². The number of hydrogen-bond donors (Lipinski definition) is 8. The van der Waals surface area contributed by atoms with Gasteiger partial charge in [-0.1, -0.05) is 0 Å². The monoisotopic (exact) mass is 146 g/mol. The zero-order chi connectivity index (χ0) is 8.00. The first-order valence-corrected chi connectivity index (χ1v) is 1.33. The predicted molar refractivity (Wildman–Crippen MR) is 37.1 cm³/mol. The van der Waals surface area contributed by atoms with Crippen molar-refractivity contribution in [3.8, 4) is 0 Å². The minimum absolute atomic E-state index is 0. The summed E-state index contributed by atoms with van der Waals surface area (Å²) in [6.07, 6.45) is 0. The van der Waals surface area contributed by atoms with Crippen molar-refractivity contribution in [2.75, 3.05) is 0 Å². The number of nitrogens with two attached hydrogens (primary N) is 8. The van der Waals surface area contributed by atoms with Crippen LogP contribution in [0.2, 0.25) is 0 Å². The lowest BCUT2D eigenvalue weighted by Crippen LogP contribution is -2.02. The molecule has 0 amide bonds. The van der Waals surface area contributed by atoms with Crippen molar-refractivity contribution in [1.29, 1.82) is 0 Å². The molecule has 0 atom stereocenters. The molecule has 0 radical (unpaired) electrons. The highest BCUT2D eigenvalue weighted by molar-refractivity contribution is 3.27. The van der Waals surface area contributed by atoms with Gasteiger partial charge >= 0.3 is 0 Å². The summed E-state index contributed by atoms with van der Waals surface area (Å²) in [7, 11) is 0. The first kappa shape index (κ1) is 38.1. The minimum atomic E-state index is 0. The molecule has 9 heteroatoms. The number of hydrazine groups is 4. The van der Waals surface area contributed by atoms with E-state index in [1.165, 1.54) is 0 Å². The Balaban J connectivity index is -0.00000000762. The van der Waals surface area contributed by atoms with Crippen molar-refractivity contribution in [2.45, 2.75) is 0 Å². The maximum absolute atomic E-state index is 4.00. The minimum Gasteiger partial charge on any atom is -0.412 e. The third-order valence-corrected chi connectivity index (χ3v) is 0. The molecule has 0 aliphatic rings. The van der Waals surface area contributed by atoms with Gasteiger partial charge in [-0.15, -0.1) is 0 Å². The Hall–Kier alpha value is -0.360. The lowest BCUT2D eigenvalue weighted by Gasteiger charge is -1.27. The molecule has 0 saturated carbocycles. The normalized spacial score (nSPS) is 2.67. The topological polar surface area (TPSA) is 240 Å². The van der Waals surface area contributed by atoms with E-state index in [0.717, 1.165) is 0 Å². The SMILES string of the molecule is NN.NN.NN.NN.O. The van der Waals surface area contributed by atoms with E-state index in [0.29, 0.717) is 0 Å². The predicted octanol–water partition coefficient (Wildman–Crippen LogP) is -5.55. The van der Waals surface area contributed by atoms with Crippen LogP contribution in [0.5, 0.6) is 0 Å². The molecule has 9 heavy (non-hydrogen) atoms. The van der Waals surface area contributed by atoms with Gasteiger partial charge in [0.25, 0.3) is 0 Å². The Kier molecular flexibility index (Phi) is 11000. The molecule has 0 bridgehead atoms. The van der Waals surface area contributed by atoms with E-state index < -0.39 is 0 Å². The van der Waals surface area contributed by atoms with E-state index in [-0.39, 0.29) is 5.48 Å². The molecule has 0 aromatic rings. The van der Waals surface area contributed by atoms with Crippen molar-refractivity contribution in [3.63, 3.8) is 0 Å². The van der Waals surface area contributed by atoms with E-state index in [1.54, 1.807) is 0 Å². The molecule has 64 valence electrons. The van der Waals surface area contributed by atoms with Gasteiger partial charge < -0.3 is 5.48 Å². The molecular formula is H18N8O. The van der Waals surface area contributed by atoms with Crippen molar-refractivity contribution in [3.05, 3.63) is 0 Å². The molecule has 0 aliphatic carbocycles. The van der Waals surface area contributed by atoms with Crippen LogP contribution in [0.3, 0.4) is 0 Å². The highest BCUT2D eigenvalue weighted by atomic mass is 16.0. The Morgan fingerprint density at radius 2 is 0.333 bits per heavy atom. The van der Waals surface area contributed by atoms with Gasteiger partial charge in [-0.25, -0.2) is 0 Å². The second kappa shape index (κ2) is 2600. The second-order valence-electron chi connectivity index (χ2n) is 0. The van der Waals surface area contributed by atoms with Gasteiger partial charge in [0.15, 0.2) is 0 Å². The fraction of sp³-hybridized carbons (Fsp3) is 0. The van der Waals surface area contributed by atoms with E-state index in [2.05, 4.69) is 46.7 Å². The Labute approximate surface area is 53.5 Å². The van der Waals surface area contributed by atoms with Gasteiger partial charge in [0.1, 0.15) is 0 Å². The van der Waals surface area contributed by atoms with Gasteiger partial charge in [-0.05, 0) is 0 Å². The molecule has 0 aromatic carbocycles. The van der Waals surface area contributed by atoms with Crippen LogP contribution in [-0.4, -0.2) is 5.48 Å². The zero-order valence-corrected chi connectivity index (χ0v) is 5.12. The van der Waals surface area contributed by atoms with Crippen molar-refractivity contribution < 1.29 is 5.48 Å². The first-order valence-electron chi connectivity index (χ1n) is 1.33. The van der Waals surface area contributed by atoms with E-state index in [9.17, 15) is 0 Å². The molecule has 0 heterocycles. The molecule has 0 aromatic heterocycles. The smallest absolute Gasteiger partial charge is 0.274 e. The van der Waals surface area contributed by atoms with Crippen molar-refractivity contribution >= 4 is 0 Å². The van der Waals surface area contributed by atoms with Crippen LogP contribution in [-0.2, 0) is 0 Å². The lowest BCUT2D eigenvalue weighted by atomic mass is 13.0. The highest BCUT2D eigenvalue weighted by Crippen LogP contribution is -0.0130. The van der Waals surface area contributed by atoms with Crippen LogP contribution < -0.4 is 46.7 Å². The second-order valence-corrected chi connectivity index (χ2v) is 0. The third-order valence-electron chi connectivity index (χ3n) is 0. The van der Waals surface area contributed by atoms with Gasteiger partial charge in [0.05, 0.1) is 0 Å². The molecule has 0 saturated heterocycles. The van der Waals surface area contributed by atoms with Crippen LogP contribution in [0.25, 0.3) is 0 Å². The Morgan fingerprint density at radius 3 is 0.333 bits per heavy atom. The number of hydrogen-bond acceptors (Lipinski definition) is 8. The fourth-order valence-electron chi connectivity index (χ4n) is 0. The fourth-order valence-corrected chi connectivity index (χ4v) is 0. The van der Waals surface area contributed by atoms with Crippen LogP contribution in [0, 0.1) is 0 Å². The molecule has 18 N–H and O–H groups in total. The van der Waals surface area contributed by atoms with Crippen molar-refractivity contribution in [2.24, 2.45) is 46.7 Å². The molecule has 0 unspecified atom stereocenters.